The van der Waals surface area contributed by atoms with Gasteiger partial charge in [-0.25, -0.2) is 0 Å². The molecule has 0 bridgehead atoms. The van der Waals surface area contributed by atoms with Gasteiger partial charge in [-0.1, -0.05) is 20.8 Å². The minimum absolute atomic E-state index is 0.459. The summed E-state index contributed by atoms with van der Waals surface area (Å²) >= 11 is 0. The van der Waals surface area contributed by atoms with E-state index in [0.29, 0.717) is 5.41 Å². The number of nitrogens with zero attached hydrogens (tertiary/aromatic N) is 1. The normalized spacial score (nSPS) is 24.4. The smallest absolute Gasteiger partial charge is 0.0589 e. The molecule has 84 valence electrons. The van der Waals surface area contributed by atoms with E-state index in [1.165, 1.54) is 25.8 Å². The third kappa shape index (κ3) is 3.97. The van der Waals surface area contributed by atoms with Crippen molar-refractivity contribution in [3.8, 4) is 0 Å². The minimum atomic E-state index is 0.459. The molecule has 0 radical (unpaired) electrons. The van der Waals surface area contributed by atoms with Gasteiger partial charge in [0.25, 0.3) is 0 Å². The molecule has 2 nitrogen and oxygen atoms in total. The largest absolute Gasteiger partial charge is 0.383 e. The van der Waals surface area contributed by atoms with Gasteiger partial charge in [0, 0.05) is 19.7 Å². The van der Waals surface area contributed by atoms with Gasteiger partial charge in [-0.05, 0) is 31.2 Å². The molecular formula is C12H25NO. The predicted molar refractivity (Wildman–Crippen MR) is 60.5 cm³/mol. The third-order valence-corrected chi connectivity index (χ3v) is 2.93. The Labute approximate surface area is 88.6 Å². The zero-order chi connectivity index (χ0) is 10.6. The Morgan fingerprint density at radius 2 is 2.07 bits per heavy atom. The predicted octanol–water partition coefficient (Wildman–Crippen LogP) is 2.53. The Morgan fingerprint density at radius 3 is 2.64 bits per heavy atom. The standard InChI is InChI=1S/C12H25NO/c1-12(2,3)10-11-6-5-7-13(11)8-9-14-4/h11H,5-10H2,1-4H3/t11-/m0/s1. The van der Waals surface area contributed by atoms with Crippen LogP contribution in [0.3, 0.4) is 0 Å². The van der Waals surface area contributed by atoms with E-state index in [2.05, 4.69) is 25.7 Å². The molecule has 0 aliphatic carbocycles. The molecule has 0 aromatic carbocycles. The van der Waals surface area contributed by atoms with Gasteiger partial charge in [0.05, 0.1) is 6.61 Å². The molecule has 0 saturated carbocycles. The van der Waals surface area contributed by atoms with Gasteiger partial charge in [0.15, 0.2) is 0 Å². The minimum Gasteiger partial charge on any atom is -0.383 e. The van der Waals surface area contributed by atoms with Crippen molar-refractivity contribution in [2.45, 2.75) is 46.1 Å². The van der Waals surface area contributed by atoms with Gasteiger partial charge in [-0.2, -0.15) is 0 Å². The second-order valence-corrected chi connectivity index (χ2v) is 5.59. The van der Waals surface area contributed by atoms with E-state index in [1.54, 1.807) is 7.11 Å². The van der Waals surface area contributed by atoms with E-state index in [1.807, 2.05) is 0 Å². The summed E-state index contributed by atoms with van der Waals surface area (Å²) in [4.78, 5) is 2.59. The molecule has 1 aliphatic heterocycles. The van der Waals surface area contributed by atoms with E-state index in [0.717, 1.165) is 19.2 Å². The lowest BCUT2D eigenvalue weighted by molar-refractivity contribution is 0.125. The fourth-order valence-corrected chi connectivity index (χ4v) is 2.34. The maximum atomic E-state index is 5.14. The van der Waals surface area contributed by atoms with Crippen molar-refractivity contribution in [3.63, 3.8) is 0 Å². The van der Waals surface area contributed by atoms with Crippen LogP contribution in [0.2, 0.25) is 0 Å². The number of likely N-dealkylation sites (tertiary alicyclic amines) is 1. The average molecular weight is 199 g/mol. The summed E-state index contributed by atoms with van der Waals surface area (Å²) < 4.78 is 5.14. The van der Waals surface area contributed by atoms with Crippen LogP contribution < -0.4 is 0 Å². The van der Waals surface area contributed by atoms with Crippen LogP contribution in [0.5, 0.6) is 0 Å². The molecule has 2 heteroatoms. The third-order valence-electron chi connectivity index (χ3n) is 2.93. The summed E-state index contributed by atoms with van der Waals surface area (Å²) in [6.45, 7) is 10.3. The highest BCUT2D eigenvalue weighted by molar-refractivity contribution is 4.82. The number of ether oxygens (including phenoxy) is 1. The van der Waals surface area contributed by atoms with Gasteiger partial charge in [0.2, 0.25) is 0 Å². The first kappa shape index (κ1) is 12.0. The molecular weight excluding hydrogens is 174 g/mol. The summed E-state index contributed by atoms with van der Waals surface area (Å²) in [5.74, 6) is 0. The van der Waals surface area contributed by atoms with Gasteiger partial charge in [0.1, 0.15) is 0 Å². The molecule has 0 N–H and O–H groups in total. The molecule has 0 aromatic rings. The van der Waals surface area contributed by atoms with Crippen molar-refractivity contribution < 1.29 is 4.74 Å². The van der Waals surface area contributed by atoms with Crippen molar-refractivity contribution >= 4 is 0 Å². The maximum Gasteiger partial charge on any atom is 0.0589 e. The van der Waals surface area contributed by atoms with Crippen molar-refractivity contribution in [3.05, 3.63) is 0 Å². The number of hydrogen-bond donors (Lipinski definition) is 0. The highest BCUT2D eigenvalue weighted by Gasteiger charge is 2.27. The van der Waals surface area contributed by atoms with Crippen molar-refractivity contribution in [2.24, 2.45) is 5.41 Å². The Kier molecular flexibility index (Phi) is 4.39. The fraction of sp³-hybridized carbons (Fsp3) is 1.00. The molecule has 0 unspecified atom stereocenters. The summed E-state index contributed by atoms with van der Waals surface area (Å²) in [5, 5.41) is 0. The summed E-state index contributed by atoms with van der Waals surface area (Å²) in [6.07, 6.45) is 4.06. The molecule has 1 aliphatic rings. The second kappa shape index (κ2) is 5.13. The first-order chi connectivity index (χ1) is 6.53. The zero-order valence-electron chi connectivity index (χ0n) is 10.2. The van der Waals surface area contributed by atoms with Crippen molar-refractivity contribution in [1.82, 2.24) is 4.90 Å². The second-order valence-electron chi connectivity index (χ2n) is 5.59. The maximum absolute atomic E-state index is 5.14. The molecule has 0 aromatic heterocycles. The quantitative estimate of drug-likeness (QED) is 0.690. The van der Waals surface area contributed by atoms with Crippen LogP contribution in [0, 0.1) is 5.41 Å². The Bertz CT molecular complexity index is 162. The van der Waals surface area contributed by atoms with Crippen LogP contribution in [0.15, 0.2) is 0 Å². The molecule has 1 saturated heterocycles. The summed E-state index contributed by atoms with van der Waals surface area (Å²) in [6, 6.07) is 0.796. The van der Waals surface area contributed by atoms with Crippen LogP contribution >= 0.6 is 0 Å². The van der Waals surface area contributed by atoms with E-state index in [-0.39, 0.29) is 0 Å². The molecule has 0 amide bonds. The van der Waals surface area contributed by atoms with Crippen LogP contribution in [-0.2, 0) is 4.74 Å². The highest BCUT2D eigenvalue weighted by Crippen LogP contribution is 2.29. The number of methoxy groups -OCH3 is 1. The van der Waals surface area contributed by atoms with Crippen molar-refractivity contribution in [2.75, 3.05) is 26.8 Å². The van der Waals surface area contributed by atoms with Crippen LogP contribution in [-0.4, -0.2) is 37.7 Å². The molecule has 1 heterocycles. The lowest BCUT2D eigenvalue weighted by atomic mass is 9.87. The Hall–Kier alpha value is -0.0800. The van der Waals surface area contributed by atoms with Crippen LogP contribution in [0.25, 0.3) is 0 Å². The zero-order valence-corrected chi connectivity index (χ0v) is 10.2. The van der Waals surface area contributed by atoms with Gasteiger partial charge >= 0.3 is 0 Å². The lowest BCUT2D eigenvalue weighted by Crippen LogP contribution is -2.35. The molecule has 1 rings (SSSR count). The van der Waals surface area contributed by atoms with Gasteiger partial charge in [-0.3, -0.25) is 4.90 Å². The van der Waals surface area contributed by atoms with E-state index >= 15 is 0 Å². The van der Waals surface area contributed by atoms with Gasteiger partial charge < -0.3 is 4.74 Å². The molecule has 1 fully saturated rings. The SMILES string of the molecule is COCCN1CCC[C@H]1CC(C)(C)C. The van der Waals surface area contributed by atoms with Gasteiger partial charge in [-0.15, -0.1) is 0 Å². The number of hydrogen-bond acceptors (Lipinski definition) is 2. The highest BCUT2D eigenvalue weighted by atomic mass is 16.5. The van der Waals surface area contributed by atoms with Crippen LogP contribution in [0.4, 0.5) is 0 Å². The number of rotatable bonds is 4. The van der Waals surface area contributed by atoms with Crippen molar-refractivity contribution in [1.29, 1.82) is 0 Å². The lowest BCUT2D eigenvalue weighted by Gasteiger charge is -2.30. The molecule has 14 heavy (non-hydrogen) atoms. The first-order valence-electron chi connectivity index (χ1n) is 5.76. The Balaban J connectivity index is 2.35. The van der Waals surface area contributed by atoms with E-state index in [9.17, 15) is 0 Å². The first-order valence-corrected chi connectivity index (χ1v) is 5.76. The Morgan fingerprint density at radius 1 is 1.36 bits per heavy atom. The summed E-state index contributed by atoms with van der Waals surface area (Å²) in [5.41, 5.74) is 0.459. The molecule has 0 spiro atoms. The van der Waals surface area contributed by atoms with Crippen LogP contribution in [0.1, 0.15) is 40.0 Å². The topological polar surface area (TPSA) is 12.5 Å². The monoisotopic (exact) mass is 199 g/mol. The molecule has 1 atom stereocenters. The average Bonchev–Trinajstić information content (AvgIpc) is 2.45. The fourth-order valence-electron chi connectivity index (χ4n) is 2.34. The summed E-state index contributed by atoms with van der Waals surface area (Å²) in [7, 11) is 1.79. The van der Waals surface area contributed by atoms with E-state index < -0.39 is 0 Å². The van der Waals surface area contributed by atoms with E-state index in [4.69, 9.17) is 4.74 Å².